The Bertz CT molecular complexity index is 379. The first kappa shape index (κ1) is 17.6. The van der Waals surface area contributed by atoms with Crippen LogP contribution in [0.25, 0.3) is 0 Å². The van der Waals surface area contributed by atoms with Gasteiger partial charge >= 0.3 is 18.2 Å². The van der Waals surface area contributed by atoms with Crippen molar-refractivity contribution in [2.24, 2.45) is 11.8 Å². The van der Waals surface area contributed by atoms with E-state index >= 15 is 0 Å². The molecular formula is C13H21F3N2O3. The van der Waals surface area contributed by atoms with Gasteiger partial charge < -0.3 is 15.3 Å². The molecule has 0 radical (unpaired) electrons. The van der Waals surface area contributed by atoms with Crippen molar-refractivity contribution in [1.29, 1.82) is 0 Å². The fourth-order valence-electron chi connectivity index (χ4n) is 2.42. The molecule has 0 heterocycles. The van der Waals surface area contributed by atoms with Gasteiger partial charge in [-0.3, -0.25) is 4.79 Å². The molecule has 0 aromatic heterocycles. The number of nitrogens with zero attached hydrogens (tertiary/aromatic N) is 1. The van der Waals surface area contributed by atoms with Crippen LogP contribution in [-0.2, 0) is 4.79 Å². The van der Waals surface area contributed by atoms with Gasteiger partial charge in [0.1, 0.15) is 0 Å². The van der Waals surface area contributed by atoms with Gasteiger partial charge in [0.15, 0.2) is 0 Å². The molecule has 0 aromatic carbocycles. The van der Waals surface area contributed by atoms with Crippen molar-refractivity contribution in [3.05, 3.63) is 0 Å². The van der Waals surface area contributed by atoms with Crippen molar-refractivity contribution in [1.82, 2.24) is 10.2 Å². The van der Waals surface area contributed by atoms with Crippen LogP contribution in [0.4, 0.5) is 18.0 Å². The van der Waals surface area contributed by atoms with Crippen molar-refractivity contribution < 1.29 is 27.9 Å². The Hall–Kier alpha value is -1.47. The topological polar surface area (TPSA) is 69.6 Å². The number of urea groups is 1. The number of nitrogens with one attached hydrogen (secondary N) is 1. The number of amides is 2. The summed E-state index contributed by atoms with van der Waals surface area (Å²) in [5.41, 5.74) is 0. The van der Waals surface area contributed by atoms with Gasteiger partial charge in [0, 0.05) is 19.6 Å². The molecule has 1 aliphatic rings. The molecule has 2 amide bonds. The smallest absolute Gasteiger partial charge is 0.391 e. The number of carbonyl (C=O) groups excluding carboxylic acids is 1. The van der Waals surface area contributed by atoms with E-state index in [2.05, 4.69) is 5.32 Å². The highest BCUT2D eigenvalue weighted by atomic mass is 19.4. The summed E-state index contributed by atoms with van der Waals surface area (Å²) in [4.78, 5) is 23.8. The van der Waals surface area contributed by atoms with Crippen molar-refractivity contribution in [3.8, 4) is 0 Å². The molecule has 1 aliphatic carbocycles. The van der Waals surface area contributed by atoms with Crippen LogP contribution in [0.5, 0.6) is 0 Å². The van der Waals surface area contributed by atoms with Gasteiger partial charge in [0.2, 0.25) is 0 Å². The van der Waals surface area contributed by atoms with E-state index in [-0.39, 0.29) is 38.3 Å². The maximum Gasteiger partial charge on any atom is 0.391 e. The Labute approximate surface area is 121 Å². The summed E-state index contributed by atoms with van der Waals surface area (Å²) in [6.07, 6.45) is -3.55. The first-order chi connectivity index (χ1) is 9.61. The van der Waals surface area contributed by atoms with Crippen molar-refractivity contribution in [2.45, 2.75) is 44.8 Å². The number of hydrogen-bond donors (Lipinski definition) is 2. The highest BCUT2D eigenvalue weighted by molar-refractivity contribution is 5.76. The quantitative estimate of drug-likeness (QED) is 0.838. The van der Waals surface area contributed by atoms with Crippen molar-refractivity contribution in [3.63, 3.8) is 0 Å². The number of halogens is 3. The summed E-state index contributed by atoms with van der Waals surface area (Å²) >= 11 is 0. The molecule has 0 bridgehead atoms. The molecular weight excluding hydrogens is 289 g/mol. The monoisotopic (exact) mass is 310 g/mol. The minimum atomic E-state index is -4.16. The molecule has 2 N–H and O–H groups in total. The maximum atomic E-state index is 12.5. The highest BCUT2D eigenvalue weighted by Gasteiger charge is 2.41. The lowest BCUT2D eigenvalue weighted by Gasteiger charge is -2.31. The molecule has 21 heavy (non-hydrogen) atoms. The Kier molecular flexibility index (Phi) is 5.86. The largest absolute Gasteiger partial charge is 0.481 e. The van der Waals surface area contributed by atoms with E-state index in [9.17, 15) is 22.8 Å². The van der Waals surface area contributed by atoms with Crippen molar-refractivity contribution >= 4 is 12.0 Å². The fraction of sp³-hybridized carbons (Fsp3) is 0.846. The Balaban J connectivity index is 2.38. The summed E-state index contributed by atoms with van der Waals surface area (Å²) in [5, 5.41) is 11.4. The number of aliphatic carboxylic acids is 1. The minimum Gasteiger partial charge on any atom is -0.481 e. The highest BCUT2D eigenvalue weighted by Crippen LogP contribution is 2.37. The van der Waals surface area contributed by atoms with Gasteiger partial charge in [0.05, 0.1) is 11.8 Å². The van der Waals surface area contributed by atoms with Gasteiger partial charge in [-0.2, -0.15) is 13.2 Å². The van der Waals surface area contributed by atoms with E-state index in [1.54, 1.807) is 0 Å². The minimum absolute atomic E-state index is 0.0175. The van der Waals surface area contributed by atoms with Crippen LogP contribution < -0.4 is 5.32 Å². The first-order valence-corrected chi connectivity index (χ1v) is 6.92. The summed E-state index contributed by atoms with van der Waals surface area (Å²) in [6, 6.07) is -0.725. The standard InChI is InChI=1S/C13H21F3N2O3/c1-8(11(19)20)7-18(2)12(21)17-10-5-3-9(4-6-10)13(14,15)16/h8-10H,3-7H2,1-2H3,(H,17,21)(H,19,20). The van der Waals surface area contributed by atoms with Crippen LogP contribution in [0.3, 0.4) is 0 Å². The summed E-state index contributed by atoms with van der Waals surface area (Å²) in [5.74, 6) is -2.97. The van der Waals surface area contributed by atoms with E-state index in [0.29, 0.717) is 0 Å². The molecule has 1 rings (SSSR count). The first-order valence-electron chi connectivity index (χ1n) is 6.92. The van der Waals surface area contributed by atoms with Gasteiger partial charge in [-0.1, -0.05) is 6.92 Å². The second-order valence-corrected chi connectivity index (χ2v) is 5.66. The van der Waals surface area contributed by atoms with Gasteiger partial charge in [-0.05, 0) is 25.7 Å². The lowest BCUT2D eigenvalue weighted by atomic mass is 9.85. The fourth-order valence-corrected chi connectivity index (χ4v) is 2.42. The van der Waals surface area contributed by atoms with Crippen LogP contribution in [-0.4, -0.2) is 47.8 Å². The van der Waals surface area contributed by atoms with E-state index in [0.717, 1.165) is 0 Å². The number of hydrogen-bond acceptors (Lipinski definition) is 2. The second kappa shape index (κ2) is 7.00. The molecule has 1 unspecified atom stereocenters. The molecule has 5 nitrogen and oxygen atoms in total. The average molecular weight is 310 g/mol. The Morgan fingerprint density at radius 2 is 1.81 bits per heavy atom. The van der Waals surface area contributed by atoms with Crippen molar-refractivity contribution in [2.75, 3.05) is 13.6 Å². The Morgan fingerprint density at radius 3 is 2.24 bits per heavy atom. The number of carboxylic acid groups (broad SMARTS) is 1. The molecule has 1 atom stereocenters. The SMILES string of the molecule is CC(CN(C)C(=O)NC1CCC(C(F)(F)F)CC1)C(=O)O. The van der Waals surface area contributed by atoms with E-state index in [1.807, 2.05) is 0 Å². The Morgan fingerprint density at radius 1 is 1.29 bits per heavy atom. The maximum absolute atomic E-state index is 12.5. The molecule has 122 valence electrons. The zero-order valence-corrected chi connectivity index (χ0v) is 12.1. The lowest BCUT2D eigenvalue weighted by Crippen LogP contribution is -2.46. The van der Waals surface area contributed by atoms with E-state index in [1.165, 1.54) is 18.9 Å². The molecule has 0 aliphatic heterocycles. The zero-order valence-electron chi connectivity index (χ0n) is 12.1. The molecule has 1 fully saturated rings. The summed E-state index contributed by atoms with van der Waals surface area (Å²) in [7, 11) is 1.47. The second-order valence-electron chi connectivity index (χ2n) is 5.66. The molecule has 1 saturated carbocycles. The number of carboxylic acids is 1. The summed E-state index contributed by atoms with van der Waals surface area (Å²) < 4.78 is 37.6. The lowest BCUT2D eigenvalue weighted by molar-refractivity contribution is -0.182. The molecule has 0 saturated heterocycles. The molecule has 0 spiro atoms. The van der Waals surface area contributed by atoms with Crippen LogP contribution in [0.15, 0.2) is 0 Å². The molecule has 8 heteroatoms. The number of carbonyl (C=O) groups is 2. The predicted octanol–water partition coefficient (Wildman–Crippen LogP) is 2.47. The number of rotatable bonds is 4. The predicted molar refractivity (Wildman–Crippen MR) is 69.8 cm³/mol. The zero-order chi connectivity index (χ0) is 16.2. The van der Waals surface area contributed by atoms with Crippen LogP contribution >= 0.6 is 0 Å². The van der Waals surface area contributed by atoms with E-state index < -0.39 is 30.0 Å². The normalized spacial score (nSPS) is 24.2. The van der Waals surface area contributed by atoms with Gasteiger partial charge in [0.25, 0.3) is 0 Å². The summed E-state index contributed by atoms with van der Waals surface area (Å²) in [6.45, 7) is 1.54. The molecule has 0 aromatic rings. The third kappa shape index (κ3) is 5.43. The number of alkyl halides is 3. The van der Waals surface area contributed by atoms with Gasteiger partial charge in [-0.25, -0.2) is 4.79 Å². The van der Waals surface area contributed by atoms with E-state index in [4.69, 9.17) is 5.11 Å². The van der Waals surface area contributed by atoms with Gasteiger partial charge in [-0.15, -0.1) is 0 Å². The van der Waals surface area contributed by atoms with Crippen LogP contribution in [0.1, 0.15) is 32.6 Å². The third-order valence-electron chi connectivity index (χ3n) is 3.83. The van der Waals surface area contributed by atoms with Crippen LogP contribution in [0, 0.1) is 11.8 Å². The van der Waals surface area contributed by atoms with Crippen LogP contribution in [0.2, 0.25) is 0 Å². The third-order valence-corrected chi connectivity index (χ3v) is 3.83. The average Bonchev–Trinajstić information content (AvgIpc) is 2.37.